The Kier molecular flexibility index (Phi) is 3.53. The molecule has 21 heavy (non-hydrogen) atoms. The minimum Gasteiger partial charge on any atom is -0.497 e. The first-order valence-corrected chi connectivity index (χ1v) is 6.99. The van der Waals surface area contributed by atoms with Crippen LogP contribution in [0.5, 0.6) is 5.75 Å². The topological polar surface area (TPSA) is 51.2 Å². The number of benzene rings is 2. The molecule has 0 aliphatic carbocycles. The Bertz CT molecular complexity index is 799. The second-order valence-electron chi connectivity index (χ2n) is 4.31. The number of fused-ring (bicyclic) bond motifs is 1. The summed E-state index contributed by atoms with van der Waals surface area (Å²) in [6.45, 7) is 0. The van der Waals surface area contributed by atoms with Crippen LogP contribution in [-0.2, 0) is 0 Å². The van der Waals surface area contributed by atoms with Gasteiger partial charge in [0.25, 0.3) is 5.91 Å². The Morgan fingerprint density at radius 3 is 2.71 bits per heavy atom. The number of nitrogens with one attached hydrogen (secondary N) is 1. The molecule has 0 bridgehead atoms. The Labute approximate surface area is 124 Å². The molecule has 0 fully saturated rings. The molecule has 0 spiro atoms. The van der Waals surface area contributed by atoms with Crippen LogP contribution < -0.4 is 10.1 Å². The Hall–Kier alpha value is -2.47. The molecule has 6 heteroatoms. The molecular formula is C15H11FN2O2S. The van der Waals surface area contributed by atoms with Crippen molar-refractivity contribution in [2.45, 2.75) is 0 Å². The zero-order valence-corrected chi connectivity index (χ0v) is 11.9. The van der Waals surface area contributed by atoms with E-state index in [1.807, 2.05) is 18.2 Å². The number of rotatable bonds is 3. The number of hydrogen-bond donors (Lipinski definition) is 1. The van der Waals surface area contributed by atoms with E-state index in [0.29, 0.717) is 10.7 Å². The number of thiazole rings is 1. The third-order valence-corrected chi connectivity index (χ3v) is 3.86. The lowest BCUT2D eigenvalue weighted by Crippen LogP contribution is -2.11. The third-order valence-electron chi connectivity index (χ3n) is 2.92. The van der Waals surface area contributed by atoms with Gasteiger partial charge in [-0.1, -0.05) is 11.3 Å². The van der Waals surface area contributed by atoms with Crippen molar-refractivity contribution in [3.8, 4) is 5.75 Å². The van der Waals surface area contributed by atoms with Gasteiger partial charge in [0.05, 0.1) is 17.3 Å². The molecule has 4 nitrogen and oxygen atoms in total. The fraction of sp³-hybridized carbons (Fsp3) is 0.0667. The van der Waals surface area contributed by atoms with Gasteiger partial charge in [0.2, 0.25) is 0 Å². The number of methoxy groups -OCH3 is 1. The predicted molar refractivity (Wildman–Crippen MR) is 80.5 cm³/mol. The first-order chi connectivity index (χ1) is 10.2. The van der Waals surface area contributed by atoms with Crippen molar-refractivity contribution in [3.05, 3.63) is 53.8 Å². The van der Waals surface area contributed by atoms with Gasteiger partial charge in [-0.3, -0.25) is 10.1 Å². The van der Waals surface area contributed by atoms with Crippen molar-refractivity contribution >= 4 is 32.6 Å². The van der Waals surface area contributed by atoms with Crippen molar-refractivity contribution in [3.63, 3.8) is 0 Å². The molecule has 0 atom stereocenters. The zero-order valence-electron chi connectivity index (χ0n) is 11.1. The van der Waals surface area contributed by atoms with Gasteiger partial charge >= 0.3 is 0 Å². The smallest absolute Gasteiger partial charge is 0.257 e. The van der Waals surface area contributed by atoms with Crippen LogP contribution in [0.25, 0.3) is 10.2 Å². The number of aromatic nitrogens is 1. The fourth-order valence-corrected chi connectivity index (χ4v) is 2.75. The van der Waals surface area contributed by atoms with Crippen LogP contribution in [0, 0.1) is 5.82 Å². The molecule has 0 aliphatic heterocycles. The van der Waals surface area contributed by atoms with E-state index in [2.05, 4.69) is 10.3 Å². The number of carbonyl (C=O) groups is 1. The molecule has 1 N–H and O–H groups in total. The normalized spacial score (nSPS) is 10.6. The molecule has 1 aromatic heterocycles. The lowest BCUT2D eigenvalue weighted by Gasteiger charge is -2.00. The second-order valence-corrected chi connectivity index (χ2v) is 5.34. The number of anilines is 1. The van der Waals surface area contributed by atoms with Crippen molar-refractivity contribution in [2.24, 2.45) is 0 Å². The SMILES string of the molecule is COc1ccc2nc(NC(=O)c3ccc([19F])cc3)sc2c1. The summed E-state index contributed by atoms with van der Waals surface area (Å²) in [7, 11) is 1.60. The van der Waals surface area contributed by atoms with Crippen LogP contribution in [0.2, 0.25) is 0 Å². The van der Waals surface area contributed by atoms with Gasteiger partial charge in [-0.05, 0) is 42.5 Å². The van der Waals surface area contributed by atoms with E-state index in [9.17, 15) is 9.18 Å². The molecule has 1 heterocycles. The predicted octanol–water partition coefficient (Wildman–Crippen LogP) is 3.70. The van der Waals surface area contributed by atoms with Gasteiger partial charge in [-0.15, -0.1) is 0 Å². The van der Waals surface area contributed by atoms with Gasteiger partial charge in [0.1, 0.15) is 11.6 Å². The molecule has 0 saturated carbocycles. The number of halogens is 1. The van der Waals surface area contributed by atoms with Crippen molar-refractivity contribution in [1.82, 2.24) is 4.98 Å². The average Bonchev–Trinajstić information content (AvgIpc) is 2.88. The lowest BCUT2D eigenvalue weighted by molar-refractivity contribution is 0.102. The van der Waals surface area contributed by atoms with Gasteiger partial charge in [0, 0.05) is 5.56 Å². The molecule has 3 aromatic rings. The quantitative estimate of drug-likeness (QED) is 0.802. The number of ether oxygens (including phenoxy) is 1. The number of carbonyl (C=O) groups excluding carboxylic acids is 1. The van der Waals surface area contributed by atoms with Crippen LogP contribution >= 0.6 is 11.3 Å². The van der Waals surface area contributed by atoms with Crippen molar-refractivity contribution in [1.29, 1.82) is 0 Å². The average molecular weight is 302 g/mol. The summed E-state index contributed by atoms with van der Waals surface area (Å²) >= 11 is 1.36. The van der Waals surface area contributed by atoms with Gasteiger partial charge in [0.15, 0.2) is 5.13 Å². The molecule has 2 aromatic carbocycles. The molecular weight excluding hydrogens is 291 g/mol. The molecule has 1 amide bonds. The van der Waals surface area contributed by atoms with Crippen LogP contribution in [0.1, 0.15) is 10.4 Å². The van der Waals surface area contributed by atoms with Crippen molar-refractivity contribution < 1.29 is 13.9 Å². The number of amides is 1. The molecule has 106 valence electrons. The summed E-state index contributed by atoms with van der Waals surface area (Å²) in [5.41, 5.74) is 1.17. The van der Waals surface area contributed by atoms with Gasteiger partial charge in [-0.25, -0.2) is 9.37 Å². The van der Waals surface area contributed by atoms with Crippen LogP contribution in [0.3, 0.4) is 0 Å². The summed E-state index contributed by atoms with van der Waals surface area (Å²) in [6, 6.07) is 10.9. The van der Waals surface area contributed by atoms with Crippen LogP contribution in [0.4, 0.5) is 9.52 Å². The van der Waals surface area contributed by atoms with Gasteiger partial charge < -0.3 is 4.74 Å². The van der Waals surface area contributed by atoms with Gasteiger partial charge in [-0.2, -0.15) is 0 Å². The summed E-state index contributed by atoms with van der Waals surface area (Å²) in [5.74, 6) is 0.0437. The maximum Gasteiger partial charge on any atom is 0.257 e. The van der Waals surface area contributed by atoms with Crippen molar-refractivity contribution in [2.75, 3.05) is 12.4 Å². The first-order valence-electron chi connectivity index (χ1n) is 6.17. The van der Waals surface area contributed by atoms with E-state index >= 15 is 0 Å². The highest BCUT2D eigenvalue weighted by atomic mass is 32.1. The number of nitrogens with zero attached hydrogens (tertiary/aromatic N) is 1. The highest BCUT2D eigenvalue weighted by Gasteiger charge is 2.10. The third kappa shape index (κ3) is 2.85. The first kappa shape index (κ1) is 13.5. The summed E-state index contributed by atoms with van der Waals surface area (Å²) in [6.07, 6.45) is 0. The number of hydrogen-bond acceptors (Lipinski definition) is 4. The summed E-state index contributed by atoms with van der Waals surface area (Å²) < 4.78 is 18.9. The molecule has 0 saturated heterocycles. The van der Waals surface area contributed by atoms with E-state index in [1.54, 1.807) is 7.11 Å². The highest BCUT2D eigenvalue weighted by molar-refractivity contribution is 7.22. The highest BCUT2D eigenvalue weighted by Crippen LogP contribution is 2.29. The minimum atomic E-state index is -0.376. The minimum absolute atomic E-state index is 0.318. The Balaban J connectivity index is 1.84. The molecule has 0 radical (unpaired) electrons. The zero-order chi connectivity index (χ0) is 14.8. The van der Waals surface area contributed by atoms with E-state index in [0.717, 1.165) is 16.0 Å². The fourth-order valence-electron chi connectivity index (χ4n) is 1.86. The van der Waals surface area contributed by atoms with E-state index < -0.39 is 0 Å². The van der Waals surface area contributed by atoms with Crippen LogP contribution in [0.15, 0.2) is 42.5 Å². The molecule has 0 unspecified atom stereocenters. The molecule has 0 aliphatic rings. The molecule has 3 rings (SSSR count). The summed E-state index contributed by atoms with van der Waals surface area (Å²) in [5, 5.41) is 3.20. The van der Waals surface area contributed by atoms with E-state index in [4.69, 9.17) is 4.74 Å². The largest absolute Gasteiger partial charge is 0.497 e. The standard InChI is InChI=1S/C15H11FN2O2S/c1-20-11-6-7-12-13(8-11)21-15(17-12)18-14(19)9-2-4-10(16)5-3-9/h2-8H,1H3,(H,17,18,19)/i16+0. The maximum absolute atomic E-state index is 12.8. The Morgan fingerprint density at radius 1 is 1.24 bits per heavy atom. The van der Waals surface area contributed by atoms with Crippen LogP contribution in [-0.4, -0.2) is 18.0 Å². The summed E-state index contributed by atoms with van der Waals surface area (Å²) in [4.78, 5) is 16.4. The lowest BCUT2D eigenvalue weighted by atomic mass is 10.2. The maximum atomic E-state index is 12.8. The monoisotopic (exact) mass is 302 g/mol. The second kappa shape index (κ2) is 5.49. The Morgan fingerprint density at radius 2 is 2.00 bits per heavy atom. The van der Waals surface area contributed by atoms with E-state index in [1.165, 1.54) is 35.6 Å². The van der Waals surface area contributed by atoms with E-state index in [-0.39, 0.29) is 11.7 Å².